The van der Waals surface area contributed by atoms with Crippen molar-refractivity contribution >= 4 is 28.7 Å². The molecule has 0 radical (unpaired) electrons. The van der Waals surface area contributed by atoms with Gasteiger partial charge in [-0.1, -0.05) is 36.0 Å². The minimum Gasteiger partial charge on any atom is -0.394 e. The van der Waals surface area contributed by atoms with Crippen molar-refractivity contribution in [2.45, 2.75) is 74.5 Å². The number of aliphatic hydroxyl groups excluding tert-OH is 3. The SMILES string of the molecule is [2H]c1c([2H])c([C@]2([2H])C[C@@]2([2H])Nc2nc(SC([2H])([2H])C([2H])([2H])C)nc3c2nnn3[C@@H]2C[C@H](OCCO)[C@@H](O)[C@H]2O)c([2H])c(F)c1C. The fourth-order valence-corrected chi connectivity index (χ4v) is 4.54. The number of halogens is 1. The van der Waals surface area contributed by atoms with Crippen LogP contribution in [0.1, 0.15) is 61.5 Å². The molecule has 0 spiro atoms. The summed E-state index contributed by atoms with van der Waals surface area (Å²) < 4.78 is 96.2. The van der Waals surface area contributed by atoms with Gasteiger partial charge in [0.25, 0.3) is 0 Å². The second kappa shape index (κ2) is 10.5. The van der Waals surface area contributed by atoms with Crippen LogP contribution in [0.25, 0.3) is 11.2 Å². The van der Waals surface area contributed by atoms with Gasteiger partial charge in [0.05, 0.1) is 30.8 Å². The van der Waals surface area contributed by atoms with Crippen LogP contribution in [0, 0.1) is 12.7 Å². The highest BCUT2D eigenvalue weighted by molar-refractivity contribution is 7.99. The highest BCUT2D eigenvalue weighted by Gasteiger charge is 2.45. The Balaban J connectivity index is 1.59. The third-order valence-corrected chi connectivity index (χ3v) is 6.66. The van der Waals surface area contributed by atoms with Crippen LogP contribution >= 0.6 is 11.8 Å². The molecule has 10 nitrogen and oxygen atoms in total. The lowest BCUT2D eigenvalue weighted by molar-refractivity contribution is -0.0629. The molecule has 12 heteroatoms. The Bertz CT molecular complexity index is 1620. The van der Waals surface area contributed by atoms with Gasteiger partial charge in [0.2, 0.25) is 0 Å². The highest BCUT2D eigenvalue weighted by Crippen LogP contribution is 2.44. The van der Waals surface area contributed by atoms with E-state index in [1.807, 2.05) is 0 Å². The Morgan fingerprint density at radius 3 is 2.94 bits per heavy atom. The van der Waals surface area contributed by atoms with Crippen molar-refractivity contribution in [3.63, 3.8) is 0 Å². The van der Waals surface area contributed by atoms with Gasteiger partial charge in [0, 0.05) is 30.9 Å². The van der Waals surface area contributed by atoms with Crippen LogP contribution < -0.4 is 5.32 Å². The molecule has 2 saturated carbocycles. The van der Waals surface area contributed by atoms with Gasteiger partial charge in [-0.15, -0.1) is 5.10 Å². The predicted molar refractivity (Wildman–Crippen MR) is 133 cm³/mol. The van der Waals surface area contributed by atoms with Crippen LogP contribution in [0.2, 0.25) is 0 Å². The third kappa shape index (κ3) is 4.92. The average molecular weight is 528 g/mol. The molecular weight excluding hydrogens is 487 g/mol. The van der Waals surface area contributed by atoms with Crippen molar-refractivity contribution < 1.29 is 36.8 Å². The first-order valence-corrected chi connectivity index (χ1v) is 12.0. The summed E-state index contributed by atoms with van der Waals surface area (Å²) in [5.41, 5.74) is -3.46. The van der Waals surface area contributed by atoms with E-state index in [0.717, 1.165) is 11.6 Å². The number of nitrogens with zero attached hydrogens (tertiary/aromatic N) is 5. The second-order valence-electron chi connectivity index (χ2n) is 8.38. The topological polar surface area (TPSA) is 138 Å². The molecule has 0 amide bonds. The Kier molecular flexibility index (Phi) is 4.82. The molecule has 5 rings (SSSR count). The molecule has 194 valence electrons. The number of anilines is 1. The fourth-order valence-electron chi connectivity index (χ4n) is 4.07. The molecule has 2 aliphatic carbocycles. The average Bonchev–Trinajstić information content (AvgIpc) is 3.20. The minimum atomic E-state index is -2.57. The maximum atomic E-state index is 14.8. The molecule has 2 fully saturated rings. The van der Waals surface area contributed by atoms with Crippen LogP contribution in [-0.2, 0) is 4.74 Å². The van der Waals surface area contributed by atoms with E-state index in [1.165, 1.54) is 6.92 Å². The van der Waals surface area contributed by atoms with Crippen molar-refractivity contribution in [3.8, 4) is 0 Å². The predicted octanol–water partition coefficient (Wildman–Crippen LogP) is 2.18. The summed E-state index contributed by atoms with van der Waals surface area (Å²) in [6.07, 6.45) is -6.39. The highest BCUT2D eigenvalue weighted by atomic mass is 32.2. The Morgan fingerprint density at radius 2 is 2.17 bits per heavy atom. The van der Waals surface area contributed by atoms with Gasteiger partial charge < -0.3 is 25.4 Å². The van der Waals surface area contributed by atoms with E-state index >= 15 is 0 Å². The maximum Gasteiger partial charge on any atom is 0.191 e. The first-order valence-electron chi connectivity index (χ1n) is 15.7. The van der Waals surface area contributed by atoms with E-state index in [-0.39, 0.29) is 53.8 Å². The lowest BCUT2D eigenvalue weighted by Gasteiger charge is -2.17. The molecule has 3 aromatic rings. The number of aliphatic hydroxyl groups is 3. The summed E-state index contributed by atoms with van der Waals surface area (Å²) in [5.74, 6) is -3.40. The van der Waals surface area contributed by atoms with Crippen LogP contribution in [0.15, 0.2) is 23.3 Å². The molecule has 6 atom stereocenters. The van der Waals surface area contributed by atoms with E-state index in [4.69, 9.17) is 22.2 Å². The van der Waals surface area contributed by atoms with E-state index in [1.54, 1.807) is 0 Å². The number of fused-ring (bicyclic) bond motifs is 1. The summed E-state index contributed by atoms with van der Waals surface area (Å²) in [6, 6.07) is -4.86. The molecule has 2 heterocycles. The molecule has 0 unspecified atom stereocenters. The Labute approximate surface area is 224 Å². The fraction of sp³-hybridized carbons (Fsp3) is 0.583. The smallest absolute Gasteiger partial charge is 0.191 e. The summed E-state index contributed by atoms with van der Waals surface area (Å²) in [5, 5.41) is 41.0. The van der Waals surface area contributed by atoms with Crippen LogP contribution in [0.5, 0.6) is 0 Å². The van der Waals surface area contributed by atoms with Crippen LogP contribution in [0.3, 0.4) is 0 Å². The maximum absolute atomic E-state index is 14.8. The van der Waals surface area contributed by atoms with Gasteiger partial charge in [-0.25, -0.2) is 19.0 Å². The van der Waals surface area contributed by atoms with Gasteiger partial charge in [0.15, 0.2) is 22.1 Å². The number of ether oxygens (including phenoxy) is 1. The third-order valence-electron chi connectivity index (χ3n) is 5.99. The summed E-state index contributed by atoms with van der Waals surface area (Å²) >= 11 is 0.323. The van der Waals surface area contributed by atoms with Gasteiger partial charge >= 0.3 is 0 Å². The molecular formula is C24H31FN6O4S. The molecule has 1 aromatic carbocycles. The second-order valence-corrected chi connectivity index (χ2v) is 9.15. The zero-order valence-electron chi connectivity index (χ0n) is 28.4. The molecule has 0 saturated heterocycles. The number of benzene rings is 1. The quantitative estimate of drug-likeness (QED) is 0.229. The first kappa shape index (κ1) is 16.5. The summed E-state index contributed by atoms with van der Waals surface area (Å²) in [4.78, 5) is 8.57. The number of aromatic nitrogens is 5. The lowest BCUT2D eigenvalue weighted by Crippen LogP contribution is -2.33. The number of hydrogen-bond donors (Lipinski definition) is 4. The largest absolute Gasteiger partial charge is 0.394 e. The van der Waals surface area contributed by atoms with Crippen LogP contribution in [0.4, 0.5) is 10.2 Å². The van der Waals surface area contributed by atoms with Crippen molar-refractivity contribution in [3.05, 3.63) is 35.1 Å². The molecule has 0 bridgehead atoms. The van der Waals surface area contributed by atoms with Crippen molar-refractivity contribution in [2.75, 3.05) is 24.2 Å². The molecule has 36 heavy (non-hydrogen) atoms. The Morgan fingerprint density at radius 1 is 1.33 bits per heavy atom. The van der Waals surface area contributed by atoms with Gasteiger partial charge in [-0.2, -0.15) is 0 Å². The van der Waals surface area contributed by atoms with Crippen molar-refractivity contribution in [2.24, 2.45) is 0 Å². The lowest BCUT2D eigenvalue weighted by atomic mass is 10.1. The number of nitrogens with one attached hydrogen (secondary N) is 1. The van der Waals surface area contributed by atoms with E-state index in [0.29, 0.717) is 11.8 Å². The van der Waals surface area contributed by atoms with Gasteiger partial charge in [-0.05, 0) is 36.9 Å². The molecule has 4 N–H and O–H groups in total. The zero-order chi connectivity index (χ0) is 33.4. The molecule has 2 aromatic heterocycles. The standard InChI is InChI=1S/C24H31FN6O4S/c1-3-8-36-24-27-22(26-16-10-14(16)13-5-4-12(2)15(25)9-13)19-23(28-24)31(30-29-19)17-11-18(35-7-6-32)21(34)20(17)33/h4-5,9,14,16-18,20-21,32-34H,3,6-8,10-11H2,1-2H3,(H,26,27,28)/t14-,16+,17+,18-,20-,21+/m0/s1/i3D2,4D,5D,8D2,9D,14D,16D. The van der Waals surface area contributed by atoms with E-state index in [9.17, 15) is 14.6 Å². The van der Waals surface area contributed by atoms with Crippen LogP contribution in [-0.4, -0.2) is 83.5 Å². The Hall–Kier alpha value is -2.38. The zero-order valence-corrected chi connectivity index (χ0v) is 20.2. The molecule has 0 aliphatic heterocycles. The minimum absolute atomic E-state index is 0.0135. The number of hydrogen-bond acceptors (Lipinski definition) is 10. The normalized spacial score (nSPS) is 36.1. The van der Waals surface area contributed by atoms with E-state index < -0.39 is 77.9 Å². The number of thioether (sulfide) groups is 1. The number of rotatable bonds is 10. The summed E-state index contributed by atoms with van der Waals surface area (Å²) in [6.45, 7) is 1.85. The van der Waals surface area contributed by atoms with Crippen molar-refractivity contribution in [1.29, 1.82) is 0 Å². The van der Waals surface area contributed by atoms with Gasteiger partial charge in [-0.3, -0.25) is 0 Å². The van der Waals surface area contributed by atoms with E-state index in [2.05, 4.69) is 25.6 Å². The summed E-state index contributed by atoms with van der Waals surface area (Å²) in [7, 11) is 0. The first-order chi connectivity index (χ1) is 20.8. The molecule has 2 aliphatic rings. The van der Waals surface area contributed by atoms with Crippen molar-refractivity contribution in [1.82, 2.24) is 25.0 Å². The van der Waals surface area contributed by atoms with Gasteiger partial charge in [0.1, 0.15) is 18.0 Å². The monoisotopic (exact) mass is 527 g/mol.